The molecule has 1 aromatic rings. The molecule has 1 aromatic carbocycles. The number of benzene rings is 1. The topological polar surface area (TPSA) is 55.8 Å². The summed E-state index contributed by atoms with van der Waals surface area (Å²) < 4.78 is 24.2. The second kappa shape index (κ2) is 5.25. The Morgan fingerprint density at radius 3 is 2.39 bits per heavy atom. The Balaban J connectivity index is 3.41. The van der Waals surface area contributed by atoms with Gasteiger partial charge < -0.3 is 14.6 Å². The van der Waals surface area contributed by atoms with E-state index in [0.29, 0.717) is 5.75 Å². The highest BCUT2D eigenvalue weighted by Gasteiger charge is 2.32. The number of hydrogen-bond donors (Lipinski definition) is 1. The number of carbonyl (C=O) groups is 1. The van der Waals surface area contributed by atoms with E-state index in [1.165, 1.54) is 26.4 Å². The molecule has 100 valence electrons. The first-order valence-corrected chi connectivity index (χ1v) is 5.46. The number of halogens is 1. The Morgan fingerprint density at radius 1 is 1.33 bits per heavy atom. The van der Waals surface area contributed by atoms with E-state index in [1.54, 1.807) is 13.8 Å². The predicted octanol–water partition coefficient (Wildman–Crippen LogP) is 2.60. The third-order valence-electron chi connectivity index (χ3n) is 2.76. The van der Waals surface area contributed by atoms with Gasteiger partial charge in [0.2, 0.25) is 0 Å². The molecule has 0 spiro atoms. The summed E-state index contributed by atoms with van der Waals surface area (Å²) in [5.41, 5.74) is -0.678. The van der Waals surface area contributed by atoms with Crippen LogP contribution in [0.25, 0.3) is 0 Å². The molecule has 0 saturated heterocycles. The molecular weight excluding hydrogens is 239 g/mol. The van der Waals surface area contributed by atoms with Crippen molar-refractivity contribution >= 4 is 5.97 Å². The first kappa shape index (κ1) is 14.3. The predicted molar refractivity (Wildman–Crippen MR) is 64.8 cm³/mol. The van der Waals surface area contributed by atoms with Gasteiger partial charge in [-0.3, -0.25) is 4.79 Å². The Kier molecular flexibility index (Phi) is 4.16. The second-order valence-electron chi connectivity index (χ2n) is 4.61. The van der Waals surface area contributed by atoms with Gasteiger partial charge in [0.15, 0.2) is 11.5 Å². The Hall–Kier alpha value is -1.78. The average molecular weight is 256 g/mol. The van der Waals surface area contributed by atoms with Gasteiger partial charge in [0.1, 0.15) is 5.82 Å². The number of rotatable bonds is 5. The lowest BCUT2D eigenvalue weighted by atomic mass is 9.80. The normalized spacial score (nSPS) is 11.2. The van der Waals surface area contributed by atoms with Crippen molar-refractivity contribution in [1.29, 1.82) is 0 Å². The molecule has 0 unspecified atom stereocenters. The first-order chi connectivity index (χ1) is 8.33. The van der Waals surface area contributed by atoms with Crippen LogP contribution in [0, 0.1) is 5.82 Å². The molecular formula is C13H17FO4. The van der Waals surface area contributed by atoms with Crippen molar-refractivity contribution in [3.8, 4) is 11.5 Å². The van der Waals surface area contributed by atoms with E-state index in [2.05, 4.69) is 0 Å². The first-order valence-electron chi connectivity index (χ1n) is 5.46. The highest BCUT2D eigenvalue weighted by molar-refractivity contribution is 5.69. The van der Waals surface area contributed by atoms with Crippen LogP contribution >= 0.6 is 0 Å². The summed E-state index contributed by atoms with van der Waals surface area (Å²) in [6.07, 6.45) is -0.201. The smallest absolute Gasteiger partial charge is 0.304 e. The van der Waals surface area contributed by atoms with Crippen LogP contribution in [0.1, 0.15) is 25.8 Å². The number of ether oxygens (including phenoxy) is 2. The van der Waals surface area contributed by atoms with E-state index < -0.39 is 17.2 Å². The molecule has 4 nitrogen and oxygen atoms in total. The molecule has 0 amide bonds. The van der Waals surface area contributed by atoms with E-state index in [-0.39, 0.29) is 17.7 Å². The molecule has 18 heavy (non-hydrogen) atoms. The molecule has 0 aliphatic rings. The number of methoxy groups -OCH3 is 2. The third kappa shape index (κ3) is 2.72. The molecule has 1 N–H and O–H groups in total. The maximum atomic E-state index is 14.0. The lowest BCUT2D eigenvalue weighted by molar-refractivity contribution is -0.138. The van der Waals surface area contributed by atoms with Crippen LogP contribution in [-0.4, -0.2) is 25.3 Å². The summed E-state index contributed by atoms with van der Waals surface area (Å²) in [5.74, 6) is -0.876. The summed E-state index contributed by atoms with van der Waals surface area (Å²) >= 11 is 0. The van der Waals surface area contributed by atoms with Crippen molar-refractivity contribution in [2.24, 2.45) is 0 Å². The van der Waals surface area contributed by atoms with E-state index in [1.807, 2.05) is 0 Å². The number of carboxylic acid groups (broad SMARTS) is 1. The van der Waals surface area contributed by atoms with Crippen LogP contribution in [0.5, 0.6) is 11.5 Å². The standard InChI is InChI=1S/C13H17FO4/c1-13(2,7-10(15)16)11-8(14)5-6-9(17-3)12(11)18-4/h5-6H,7H2,1-4H3,(H,15,16). The van der Waals surface area contributed by atoms with Crippen molar-refractivity contribution in [3.63, 3.8) is 0 Å². The minimum Gasteiger partial charge on any atom is -0.493 e. The van der Waals surface area contributed by atoms with E-state index in [9.17, 15) is 9.18 Å². The van der Waals surface area contributed by atoms with Gasteiger partial charge in [0.05, 0.1) is 20.6 Å². The van der Waals surface area contributed by atoms with Gasteiger partial charge in [-0.2, -0.15) is 0 Å². The molecule has 0 aliphatic heterocycles. The van der Waals surface area contributed by atoms with Gasteiger partial charge in [-0.1, -0.05) is 13.8 Å². The van der Waals surface area contributed by atoms with Gasteiger partial charge in [-0.25, -0.2) is 4.39 Å². The molecule has 1 rings (SSSR count). The van der Waals surface area contributed by atoms with Crippen molar-refractivity contribution in [3.05, 3.63) is 23.5 Å². The molecule has 0 bridgehead atoms. The molecule has 5 heteroatoms. The summed E-state index contributed by atoms with van der Waals surface area (Å²) in [5, 5.41) is 8.90. The van der Waals surface area contributed by atoms with Gasteiger partial charge in [-0.05, 0) is 12.1 Å². The number of hydrogen-bond acceptors (Lipinski definition) is 3. The fourth-order valence-electron chi connectivity index (χ4n) is 2.00. The second-order valence-corrected chi connectivity index (χ2v) is 4.61. The lowest BCUT2D eigenvalue weighted by Crippen LogP contribution is -2.24. The summed E-state index contributed by atoms with van der Waals surface area (Å²) in [4.78, 5) is 10.9. The Labute approximate surface area is 105 Å². The van der Waals surface area contributed by atoms with Crippen LogP contribution in [0.2, 0.25) is 0 Å². The fourth-order valence-corrected chi connectivity index (χ4v) is 2.00. The molecule has 0 fully saturated rings. The van der Waals surface area contributed by atoms with Crippen molar-refractivity contribution in [2.45, 2.75) is 25.7 Å². The summed E-state index contributed by atoms with van der Waals surface area (Å²) in [6.45, 7) is 3.31. The number of aliphatic carboxylic acids is 1. The van der Waals surface area contributed by atoms with Crippen molar-refractivity contribution < 1.29 is 23.8 Å². The van der Waals surface area contributed by atoms with Gasteiger partial charge in [0.25, 0.3) is 0 Å². The third-order valence-corrected chi connectivity index (χ3v) is 2.76. The molecule has 0 heterocycles. The van der Waals surface area contributed by atoms with Crippen molar-refractivity contribution in [1.82, 2.24) is 0 Å². The maximum absolute atomic E-state index is 14.0. The zero-order valence-electron chi connectivity index (χ0n) is 10.9. The maximum Gasteiger partial charge on any atom is 0.304 e. The minimum absolute atomic E-state index is 0.201. The number of carboxylic acids is 1. The van der Waals surface area contributed by atoms with Gasteiger partial charge in [-0.15, -0.1) is 0 Å². The fraction of sp³-hybridized carbons (Fsp3) is 0.462. The minimum atomic E-state index is -0.996. The van der Waals surface area contributed by atoms with E-state index >= 15 is 0 Å². The van der Waals surface area contributed by atoms with E-state index in [4.69, 9.17) is 14.6 Å². The monoisotopic (exact) mass is 256 g/mol. The largest absolute Gasteiger partial charge is 0.493 e. The quantitative estimate of drug-likeness (QED) is 0.879. The molecule has 0 aliphatic carbocycles. The van der Waals surface area contributed by atoms with Crippen LogP contribution in [0.4, 0.5) is 4.39 Å². The van der Waals surface area contributed by atoms with Gasteiger partial charge in [0, 0.05) is 11.0 Å². The molecule has 0 atom stereocenters. The van der Waals surface area contributed by atoms with Crippen LogP contribution in [0.3, 0.4) is 0 Å². The zero-order chi connectivity index (χ0) is 13.9. The molecule has 0 aromatic heterocycles. The highest BCUT2D eigenvalue weighted by atomic mass is 19.1. The summed E-state index contributed by atoms with van der Waals surface area (Å²) in [7, 11) is 2.85. The van der Waals surface area contributed by atoms with Gasteiger partial charge >= 0.3 is 5.97 Å². The van der Waals surface area contributed by atoms with Crippen LogP contribution < -0.4 is 9.47 Å². The Bertz CT molecular complexity index is 455. The van der Waals surface area contributed by atoms with Crippen LogP contribution in [-0.2, 0) is 10.2 Å². The Morgan fingerprint density at radius 2 is 1.94 bits per heavy atom. The van der Waals surface area contributed by atoms with E-state index in [0.717, 1.165) is 0 Å². The molecule has 0 saturated carbocycles. The lowest BCUT2D eigenvalue weighted by Gasteiger charge is -2.26. The SMILES string of the molecule is COc1ccc(F)c(C(C)(C)CC(=O)O)c1OC. The summed E-state index contributed by atoms with van der Waals surface area (Å²) in [6, 6.07) is 2.70. The highest BCUT2D eigenvalue weighted by Crippen LogP contribution is 2.41. The molecule has 0 radical (unpaired) electrons. The van der Waals surface area contributed by atoms with Crippen LogP contribution in [0.15, 0.2) is 12.1 Å². The van der Waals surface area contributed by atoms with Crippen molar-refractivity contribution in [2.75, 3.05) is 14.2 Å². The zero-order valence-corrected chi connectivity index (χ0v) is 10.9. The average Bonchev–Trinajstić information content (AvgIpc) is 2.26.